The molecule has 3 N–H and O–H groups in total. The summed E-state index contributed by atoms with van der Waals surface area (Å²) in [5, 5.41) is 16.1. The fraction of sp³-hybridized carbons (Fsp3) is 0.125. The predicted molar refractivity (Wildman–Crippen MR) is 82.7 cm³/mol. The maximum absolute atomic E-state index is 12.3. The number of aliphatic hydroxyl groups is 1. The van der Waals surface area contributed by atoms with Gasteiger partial charge in [0.25, 0.3) is 5.91 Å². The summed E-state index contributed by atoms with van der Waals surface area (Å²) in [6.45, 7) is 0. The molecule has 0 aliphatic carbocycles. The van der Waals surface area contributed by atoms with Crippen molar-refractivity contribution in [1.29, 1.82) is 0 Å². The number of carbonyl (C=O) groups is 2. The van der Waals surface area contributed by atoms with E-state index in [9.17, 15) is 14.7 Å². The number of hydrogen-bond donors (Lipinski definition) is 3. The van der Waals surface area contributed by atoms with E-state index in [0.717, 1.165) is 0 Å². The molecule has 0 saturated carbocycles. The maximum atomic E-state index is 12.3. The third-order valence-electron chi connectivity index (χ3n) is 3.52. The third kappa shape index (κ3) is 2.68. The van der Waals surface area contributed by atoms with E-state index in [1.807, 2.05) is 0 Å². The summed E-state index contributed by atoms with van der Waals surface area (Å²) in [6.07, 6.45) is -1.10. The molecule has 0 bridgehead atoms. The van der Waals surface area contributed by atoms with Crippen molar-refractivity contribution in [3.63, 3.8) is 0 Å². The number of rotatable bonds is 2. The van der Waals surface area contributed by atoms with Crippen molar-refractivity contribution in [2.75, 3.05) is 5.32 Å². The summed E-state index contributed by atoms with van der Waals surface area (Å²) in [4.78, 5) is 24.3. The standard InChI is InChI=1S/C16H13ClN2O3/c17-9-5-7-10(8-6-9)18-16(22)13-14(20)11-3-1-2-4-12(11)15(21)19-13/h1-8,13-14,20H,(H,18,22)(H,19,21). The van der Waals surface area contributed by atoms with E-state index in [4.69, 9.17) is 11.6 Å². The van der Waals surface area contributed by atoms with Gasteiger partial charge in [0.05, 0.1) is 0 Å². The van der Waals surface area contributed by atoms with Crippen LogP contribution in [0.5, 0.6) is 0 Å². The van der Waals surface area contributed by atoms with E-state index >= 15 is 0 Å². The van der Waals surface area contributed by atoms with Gasteiger partial charge in [0.2, 0.25) is 5.91 Å². The summed E-state index contributed by atoms with van der Waals surface area (Å²) in [6, 6.07) is 12.2. The fourth-order valence-electron chi connectivity index (χ4n) is 2.40. The van der Waals surface area contributed by atoms with E-state index in [1.54, 1.807) is 48.5 Å². The number of hydrogen-bond acceptors (Lipinski definition) is 3. The lowest BCUT2D eigenvalue weighted by Gasteiger charge is -2.29. The molecule has 6 heteroatoms. The average Bonchev–Trinajstić information content (AvgIpc) is 2.53. The van der Waals surface area contributed by atoms with Crippen molar-refractivity contribution in [3.8, 4) is 0 Å². The minimum atomic E-state index is -1.10. The molecule has 0 fully saturated rings. The van der Waals surface area contributed by atoms with E-state index in [1.165, 1.54) is 0 Å². The van der Waals surface area contributed by atoms with Crippen LogP contribution in [0.25, 0.3) is 0 Å². The quantitative estimate of drug-likeness (QED) is 0.794. The van der Waals surface area contributed by atoms with Gasteiger partial charge in [0.1, 0.15) is 12.1 Å². The van der Waals surface area contributed by atoms with Crippen LogP contribution in [-0.4, -0.2) is 23.0 Å². The number of aliphatic hydroxyl groups excluding tert-OH is 1. The van der Waals surface area contributed by atoms with Gasteiger partial charge in [0, 0.05) is 16.3 Å². The molecule has 0 aromatic heterocycles. The zero-order valence-corrected chi connectivity index (χ0v) is 12.2. The Hall–Kier alpha value is -2.37. The van der Waals surface area contributed by atoms with Crippen molar-refractivity contribution >= 4 is 29.1 Å². The van der Waals surface area contributed by atoms with Crippen molar-refractivity contribution in [3.05, 3.63) is 64.7 Å². The van der Waals surface area contributed by atoms with Crippen molar-refractivity contribution in [2.24, 2.45) is 0 Å². The summed E-state index contributed by atoms with van der Waals surface area (Å²) in [5.74, 6) is -0.866. The van der Waals surface area contributed by atoms with Gasteiger partial charge in [-0.1, -0.05) is 29.8 Å². The minimum absolute atomic E-state index is 0.378. The van der Waals surface area contributed by atoms with Crippen LogP contribution in [0.1, 0.15) is 22.0 Å². The number of halogens is 1. The van der Waals surface area contributed by atoms with Gasteiger partial charge in [-0.2, -0.15) is 0 Å². The first-order chi connectivity index (χ1) is 10.6. The van der Waals surface area contributed by atoms with Crippen LogP contribution in [0.15, 0.2) is 48.5 Å². The highest BCUT2D eigenvalue weighted by Gasteiger charge is 2.36. The number of benzene rings is 2. The summed E-state index contributed by atoms with van der Waals surface area (Å²) in [7, 11) is 0. The molecular weight excluding hydrogens is 304 g/mol. The Labute approximate surface area is 131 Å². The van der Waals surface area contributed by atoms with Crippen LogP contribution in [0.2, 0.25) is 5.02 Å². The molecule has 112 valence electrons. The van der Waals surface area contributed by atoms with E-state index < -0.39 is 18.1 Å². The monoisotopic (exact) mass is 316 g/mol. The Bertz CT molecular complexity index is 730. The molecule has 1 aliphatic heterocycles. The summed E-state index contributed by atoms with van der Waals surface area (Å²) < 4.78 is 0. The molecule has 2 aromatic rings. The van der Waals surface area contributed by atoms with E-state index in [2.05, 4.69) is 10.6 Å². The van der Waals surface area contributed by atoms with Crippen LogP contribution in [0, 0.1) is 0 Å². The van der Waals surface area contributed by atoms with Crippen LogP contribution in [0.3, 0.4) is 0 Å². The molecule has 1 aliphatic rings. The van der Waals surface area contributed by atoms with Crippen molar-refractivity contribution in [2.45, 2.75) is 12.1 Å². The summed E-state index contributed by atoms with van der Waals surface area (Å²) >= 11 is 5.79. The molecule has 2 aromatic carbocycles. The second-order valence-electron chi connectivity index (χ2n) is 4.98. The van der Waals surface area contributed by atoms with Crippen LogP contribution in [0.4, 0.5) is 5.69 Å². The zero-order valence-electron chi connectivity index (χ0n) is 11.4. The lowest BCUT2D eigenvalue weighted by Crippen LogP contribution is -2.51. The first-order valence-electron chi connectivity index (χ1n) is 6.70. The second-order valence-corrected chi connectivity index (χ2v) is 5.42. The van der Waals surface area contributed by atoms with E-state index in [0.29, 0.717) is 21.8 Å². The lowest BCUT2D eigenvalue weighted by molar-refractivity contribution is -0.120. The van der Waals surface area contributed by atoms with Gasteiger partial charge >= 0.3 is 0 Å². The first kappa shape index (κ1) is 14.6. The molecule has 0 saturated heterocycles. The number of fused-ring (bicyclic) bond motifs is 1. The minimum Gasteiger partial charge on any atom is -0.386 e. The summed E-state index contributed by atoms with van der Waals surface area (Å²) in [5.41, 5.74) is 1.36. The van der Waals surface area contributed by atoms with Gasteiger partial charge in [0.15, 0.2) is 0 Å². The van der Waals surface area contributed by atoms with Crippen LogP contribution >= 0.6 is 11.6 Å². The molecule has 1 heterocycles. The fourth-order valence-corrected chi connectivity index (χ4v) is 2.53. The average molecular weight is 317 g/mol. The topological polar surface area (TPSA) is 78.4 Å². The number of nitrogens with one attached hydrogen (secondary N) is 2. The number of amides is 2. The Morgan fingerprint density at radius 2 is 1.82 bits per heavy atom. The van der Waals surface area contributed by atoms with Gasteiger partial charge in [-0.15, -0.1) is 0 Å². The Kier molecular flexibility index (Phi) is 3.83. The SMILES string of the molecule is O=C1NC(C(=O)Nc2ccc(Cl)cc2)C(O)c2ccccc21. The largest absolute Gasteiger partial charge is 0.386 e. The van der Waals surface area contributed by atoms with Gasteiger partial charge in [-0.05, 0) is 35.9 Å². The molecular formula is C16H13ClN2O3. The smallest absolute Gasteiger partial charge is 0.252 e. The zero-order chi connectivity index (χ0) is 15.7. The number of anilines is 1. The van der Waals surface area contributed by atoms with E-state index in [-0.39, 0.29) is 5.91 Å². The van der Waals surface area contributed by atoms with Crippen LogP contribution < -0.4 is 10.6 Å². The molecule has 2 unspecified atom stereocenters. The normalized spacial score (nSPS) is 20.0. The van der Waals surface area contributed by atoms with Crippen molar-refractivity contribution < 1.29 is 14.7 Å². The Balaban J connectivity index is 1.82. The highest BCUT2D eigenvalue weighted by Crippen LogP contribution is 2.26. The Morgan fingerprint density at radius 3 is 2.55 bits per heavy atom. The van der Waals surface area contributed by atoms with Gasteiger partial charge in [-0.25, -0.2) is 0 Å². The predicted octanol–water partition coefficient (Wildman–Crippen LogP) is 2.12. The first-order valence-corrected chi connectivity index (χ1v) is 7.08. The molecule has 3 rings (SSSR count). The van der Waals surface area contributed by atoms with Crippen molar-refractivity contribution in [1.82, 2.24) is 5.32 Å². The molecule has 5 nitrogen and oxygen atoms in total. The highest BCUT2D eigenvalue weighted by atomic mass is 35.5. The molecule has 0 spiro atoms. The third-order valence-corrected chi connectivity index (χ3v) is 3.77. The second kappa shape index (κ2) is 5.79. The van der Waals surface area contributed by atoms with Gasteiger partial charge in [-0.3, -0.25) is 9.59 Å². The number of carbonyl (C=O) groups excluding carboxylic acids is 2. The van der Waals surface area contributed by atoms with Gasteiger partial charge < -0.3 is 15.7 Å². The highest BCUT2D eigenvalue weighted by molar-refractivity contribution is 6.30. The molecule has 0 radical (unpaired) electrons. The van der Waals surface area contributed by atoms with Crippen LogP contribution in [-0.2, 0) is 4.79 Å². The maximum Gasteiger partial charge on any atom is 0.252 e. The molecule has 2 amide bonds. The lowest BCUT2D eigenvalue weighted by atomic mass is 9.92. The Morgan fingerprint density at radius 1 is 1.14 bits per heavy atom. The molecule has 2 atom stereocenters. The molecule has 22 heavy (non-hydrogen) atoms.